The number of nitrogens with zero attached hydrogens (tertiary/aromatic N) is 4. The molecule has 0 bridgehead atoms. The van der Waals surface area contributed by atoms with Crippen LogP contribution in [0.2, 0.25) is 0 Å². The molecule has 4 atom stereocenters. The van der Waals surface area contributed by atoms with Gasteiger partial charge in [0.25, 0.3) is 0 Å². The van der Waals surface area contributed by atoms with Crippen molar-refractivity contribution < 1.29 is 93.4 Å². The number of rotatable bonds is 13. The molecule has 0 amide bonds. The molecule has 2 N–H and O–H groups in total. The van der Waals surface area contributed by atoms with Crippen molar-refractivity contribution in [3.63, 3.8) is 0 Å². The van der Waals surface area contributed by atoms with E-state index < -0.39 is 90.9 Å². The number of aromatic nitrogens is 4. The average Bonchev–Trinajstić information content (AvgIpc) is 3.55. The van der Waals surface area contributed by atoms with Crippen molar-refractivity contribution >= 4 is 24.7 Å². The van der Waals surface area contributed by atoms with Crippen LogP contribution < -0.4 is 15.3 Å². The van der Waals surface area contributed by atoms with E-state index in [1.807, 2.05) is 0 Å². The first kappa shape index (κ1) is 39.7. The molecule has 2 aromatic heterocycles. The molecule has 0 aliphatic carbocycles. The van der Waals surface area contributed by atoms with Crippen LogP contribution in [0.3, 0.4) is 0 Å². The Hall–Kier alpha value is -2.77. The zero-order valence-electron chi connectivity index (χ0n) is 23.1. The predicted octanol–water partition coefficient (Wildman–Crippen LogP) is 5.98. The van der Waals surface area contributed by atoms with E-state index in [9.17, 15) is 84.1 Å². The van der Waals surface area contributed by atoms with E-state index in [1.54, 1.807) is 0 Å². The maximum atomic E-state index is 14.6. The van der Waals surface area contributed by atoms with Crippen molar-refractivity contribution in [3.8, 4) is 0 Å². The van der Waals surface area contributed by atoms with Crippen LogP contribution in [-0.4, -0.2) is 86.5 Å². The van der Waals surface area contributed by atoms with E-state index >= 15 is 0 Å². The van der Waals surface area contributed by atoms with Gasteiger partial charge >= 0.3 is 47.8 Å². The summed E-state index contributed by atoms with van der Waals surface area (Å²) in [6.07, 6.45) is -9.31. The third-order valence-electron chi connectivity index (χ3n) is 6.87. The van der Waals surface area contributed by atoms with Crippen molar-refractivity contribution in [2.45, 2.75) is 85.9 Å². The van der Waals surface area contributed by atoms with Crippen molar-refractivity contribution in [2.75, 3.05) is 12.4 Å². The molecule has 1 aliphatic rings. The summed E-state index contributed by atoms with van der Waals surface area (Å²) in [5.74, 6) is -52.7. The monoisotopic (exact) mass is 759 g/mol. The van der Waals surface area contributed by atoms with E-state index in [2.05, 4.69) is 24.6 Å². The summed E-state index contributed by atoms with van der Waals surface area (Å²) in [5.41, 5.74) is -1.79. The summed E-state index contributed by atoms with van der Waals surface area (Å²) in [6, 6.07) is -8.00. The van der Waals surface area contributed by atoms with Gasteiger partial charge in [-0.25, -0.2) is 15.0 Å². The van der Waals surface area contributed by atoms with Gasteiger partial charge in [-0.15, -0.1) is 0 Å². The number of nitrogens with one attached hydrogen (secondary N) is 2. The number of hydrogen-bond acceptors (Lipinski definition) is 8. The van der Waals surface area contributed by atoms with Gasteiger partial charge in [0, 0.05) is 19.6 Å². The zero-order chi connectivity index (χ0) is 37.3. The number of anilines is 1. The molecule has 276 valence electrons. The minimum atomic E-state index is -8.77. The van der Waals surface area contributed by atoms with E-state index in [-0.39, 0.29) is 24.5 Å². The number of fused-ring (bicyclic) bond motifs is 1. The van der Waals surface area contributed by atoms with Crippen LogP contribution in [0.15, 0.2) is 12.7 Å². The molecule has 1 fully saturated rings. The molecule has 2 aromatic rings. The zero-order valence-corrected chi connectivity index (χ0v) is 24.0. The highest BCUT2D eigenvalue weighted by molar-refractivity contribution is 7.49. The fraction of sp³-hybridized carbons (Fsp3) is 0.750. The summed E-state index contributed by atoms with van der Waals surface area (Å²) in [5, 5.41) is 2.29. The van der Waals surface area contributed by atoms with Crippen LogP contribution in [0.1, 0.15) is 26.0 Å². The van der Waals surface area contributed by atoms with Crippen LogP contribution >= 0.6 is 7.75 Å². The molecule has 1 aliphatic heterocycles. The average molecular weight is 759 g/mol. The second-order valence-electron chi connectivity index (χ2n) is 9.88. The lowest BCUT2D eigenvalue weighted by atomic mass is 9.90. The van der Waals surface area contributed by atoms with Crippen LogP contribution in [0, 0.1) is 0 Å². The molecule has 0 saturated carbocycles. The van der Waals surface area contributed by atoms with Crippen LogP contribution in [-0.2, 0) is 13.8 Å². The van der Waals surface area contributed by atoms with Crippen LogP contribution in [0.25, 0.3) is 11.2 Å². The third kappa shape index (κ3) is 5.91. The topological polar surface area (TPSA) is 126 Å². The van der Waals surface area contributed by atoms with Gasteiger partial charge in [0.05, 0.1) is 12.4 Å². The fourth-order valence-corrected chi connectivity index (χ4v) is 5.00. The minimum absolute atomic E-state index is 0.130. The Balaban J connectivity index is 2.00. The number of ether oxygens (including phenoxy) is 1. The third-order valence-corrected chi connectivity index (χ3v) is 8.00. The second-order valence-corrected chi connectivity index (χ2v) is 11.5. The molecule has 0 aromatic carbocycles. The Labute approximate surface area is 254 Å². The van der Waals surface area contributed by atoms with Gasteiger partial charge in [-0.2, -0.15) is 74.6 Å². The second kappa shape index (κ2) is 11.9. The van der Waals surface area contributed by atoms with Crippen molar-refractivity contribution in [3.05, 3.63) is 12.7 Å². The maximum absolute atomic E-state index is 14.6. The fourth-order valence-electron chi connectivity index (χ4n) is 4.22. The van der Waals surface area contributed by atoms with Gasteiger partial charge in [0.2, 0.25) is 7.75 Å². The predicted molar refractivity (Wildman–Crippen MR) is 120 cm³/mol. The lowest BCUT2D eigenvalue weighted by Crippen LogP contribution is -2.75. The Morgan fingerprint density at radius 3 is 1.83 bits per heavy atom. The van der Waals surface area contributed by atoms with Crippen molar-refractivity contribution in [1.82, 2.24) is 24.6 Å². The Morgan fingerprint density at radius 1 is 0.854 bits per heavy atom. The summed E-state index contributed by atoms with van der Waals surface area (Å²) >= 11 is 0. The van der Waals surface area contributed by atoms with Gasteiger partial charge in [-0.1, -0.05) is 6.92 Å². The molecule has 48 heavy (non-hydrogen) atoms. The van der Waals surface area contributed by atoms with E-state index in [4.69, 9.17) is 4.74 Å². The summed E-state index contributed by atoms with van der Waals surface area (Å²) in [6.45, 7) is 1.53. The van der Waals surface area contributed by atoms with Gasteiger partial charge < -0.3 is 19.5 Å². The molecule has 1 saturated heterocycles. The first-order chi connectivity index (χ1) is 21.4. The number of hydrogen-bond donors (Lipinski definition) is 2. The molecule has 0 spiro atoms. The van der Waals surface area contributed by atoms with E-state index in [1.165, 1.54) is 6.92 Å². The first-order valence-electron chi connectivity index (χ1n) is 12.4. The lowest BCUT2D eigenvalue weighted by Gasteiger charge is -2.42. The first-order valence-corrected chi connectivity index (χ1v) is 13.9. The van der Waals surface area contributed by atoms with Crippen LogP contribution in [0.5, 0.6) is 0 Å². The van der Waals surface area contributed by atoms with Gasteiger partial charge in [-0.05, 0) is 6.42 Å². The van der Waals surface area contributed by atoms with Crippen LogP contribution in [0.4, 0.5) is 80.5 Å². The smallest absolute Gasteiger partial charge is 0.460 e. The molecule has 3 heterocycles. The molecule has 10 nitrogen and oxygen atoms in total. The highest BCUT2D eigenvalue weighted by atomic mass is 31.2. The Kier molecular flexibility index (Phi) is 9.86. The maximum Gasteiger partial charge on any atom is 0.460 e. The van der Waals surface area contributed by atoms with Gasteiger partial charge in [0.15, 0.2) is 17.0 Å². The summed E-state index contributed by atoms with van der Waals surface area (Å²) in [4.78, 5) is 21.8. The normalized spacial score (nSPS) is 22.3. The summed E-state index contributed by atoms with van der Waals surface area (Å²) in [7, 11) is -3.81. The number of halogens is 17. The van der Waals surface area contributed by atoms with Gasteiger partial charge in [-0.3, -0.25) is 14.2 Å². The summed E-state index contributed by atoms with van der Waals surface area (Å²) < 4.78 is 254. The van der Waals surface area contributed by atoms with E-state index in [0.717, 1.165) is 11.7 Å². The number of alkyl halides is 17. The highest BCUT2D eigenvalue weighted by Crippen LogP contribution is 2.64. The largest absolute Gasteiger partial charge is 0.766 e. The molecule has 28 heteroatoms. The number of imidazole rings is 1. The standard InChI is InChI=1S/C20H18F17N6O4P/c1-3-8-7(42-48(44,45)46-2)4-9(47-8)43-6-40-10-11(38-5-39-12(10)43)41-20(36,37)18(31,32)16(27,28)14(23,24)13(21,22)15(25,26)17(29,30)19(33,34)35/h5-9H,3-4H2,1-2H3,(H,38,39,41)(H2,42,44,45)/p-1/t7?,8-,9-/m1/s1. The highest BCUT2D eigenvalue weighted by Gasteiger charge is 2.95. The molecule has 2 unspecified atom stereocenters. The Bertz CT molecular complexity index is 1540. The molecular weight excluding hydrogens is 742 g/mol. The molecule has 3 rings (SSSR count). The quantitative estimate of drug-likeness (QED) is 0.144. The van der Waals surface area contributed by atoms with Crippen molar-refractivity contribution in [2.24, 2.45) is 0 Å². The lowest BCUT2D eigenvalue weighted by molar-refractivity contribution is -0.460. The SMILES string of the molecule is CC[C@H]1O[C@@H](n2cnc3c(NC(F)(F)C(F)(F)C(F)(F)C(F)(F)C(F)(F)C(F)(F)C(F)(F)C(F)(F)F)ncnc32)CC1NP(=O)([O-])OC. The molecule has 0 radical (unpaired) electrons. The minimum Gasteiger partial charge on any atom is -0.766 e. The Morgan fingerprint density at radius 2 is 1.35 bits per heavy atom. The van der Waals surface area contributed by atoms with E-state index in [0.29, 0.717) is 6.33 Å². The van der Waals surface area contributed by atoms with Crippen molar-refractivity contribution in [1.29, 1.82) is 0 Å². The molecular formula is C20H17F17N6O4P-. The van der Waals surface area contributed by atoms with Gasteiger partial charge in [0.1, 0.15) is 12.6 Å².